The molecule has 3 heterocycles. The summed E-state index contributed by atoms with van der Waals surface area (Å²) >= 11 is 1.38. The molecule has 7 heteroatoms. The zero-order chi connectivity index (χ0) is 17.8. The number of nitrogens with one attached hydrogen (secondary N) is 1. The first-order chi connectivity index (χ1) is 11.0. The smallest absolute Gasteiger partial charge is 0.282 e. The van der Waals surface area contributed by atoms with Crippen molar-refractivity contribution in [2.24, 2.45) is 5.41 Å². The van der Waals surface area contributed by atoms with E-state index in [2.05, 4.69) is 25.5 Å². The van der Waals surface area contributed by atoms with Crippen LogP contribution >= 0.6 is 11.8 Å². The molecule has 0 aliphatic carbocycles. The van der Waals surface area contributed by atoms with Gasteiger partial charge in [0, 0.05) is 29.3 Å². The van der Waals surface area contributed by atoms with Gasteiger partial charge in [0.1, 0.15) is 0 Å². The van der Waals surface area contributed by atoms with E-state index in [9.17, 15) is 9.00 Å². The lowest BCUT2D eigenvalue weighted by atomic mass is 9.72. The summed E-state index contributed by atoms with van der Waals surface area (Å²) in [5.74, 6) is 0. The number of rotatable bonds is 0. The highest BCUT2D eigenvalue weighted by Crippen LogP contribution is 2.46. The molecule has 0 aromatic heterocycles. The van der Waals surface area contributed by atoms with Crippen LogP contribution in [0.3, 0.4) is 0 Å². The average Bonchev–Trinajstić information content (AvgIpc) is 2.82. The molecule has 4 atom stereocenters. The van der Waals surface area contributed by atoms with Crippen LogP contribution in [-0.2, 0) is 15.7 Å². The Morgan fingerprint density at radius 3 is 2.71 bits per heavy atom. The Kier molecular flexibility index (Phi) is 4.86. The van der Waals surface area contributed by atoms with Crippen LogP contribution in [0.5, 0.6) is 0 Å². The Labute approximate surface area is 152 Å². The predicted molar refractivity (Wildman–Crippen MR) is 99.5 cm³/mol. The first kappa shape index (κ1) is 18.7. The third kappa shape index (κ3) is 3.69. The Morgan fingerprint density at radius 2 is 2.04 bits per heavy atom. The SMILES string of the molecule is CC(C)(C)SC(=O)N1CCC23COC(C2)CC(C)(C)S(=O)NC3C1. The molecule has 0 saturated carbocycles. The summed E-state index contributed by atoms with van der Waals surface area (Å²) in [4.78, 5) is 14.5. The van der Waals surface area contributed by atoms with E-state index in [0.717, 1.165) is 32.4 Å². The van der Waals surface area contributed by atoms with Gasteiger partial charge in [-0.2, -0.15) is 0 Å². The van der Waals surface area contributed by atoms with Crippen molar-refractivity contribution in [3.63, 3.8) is 0 Å². The summed E-state index contributed by atoms with van der Waals surface area (Å²) in [6.45, 7) is 12.4. The Balaban J connectivity index is 1.78. The summed E-state index contributed by atoms with van der Waals surface area (Å²) in [6.07, 6.45) is 2.96. The summed E-state index contributed by atoms with van der Waals surface area (Å²) < 4.78 is 21.8. The molecule has 3 fully saturated rings. The number of hydrogen-bond donors (Lipinski definition) is 1. The maximum Gasteiger partial charge on any atom is 0.282 e. The number of thioether (sulfide) groups is 1. The third-order valence-corrected chi connectivity index (χ3v) is 8.10. The van der Waals surface area contributed by atoms with Crippen molar-refractivity contribution in [3.05, 3.63) is 0 Å². The molecule has 0 radical (unpaired) electrons. The lowest BCUT2D eigenvalue weighted by Gasteiger charge is -2.47. The van der Waals surface area contributed by atoms with Crippen molar-refractivity contribution in [1.29, 1.82) is 0 Å². The van der Waals surface area contributed by atoms with Gasteiger partial charge >= 0.3 is 0 Å². The van der Waals surface area contributed by atoms with Gasteiger partial charge in [-0.3, -0.25) is 4.79 Å². The fourth-order valence-electron chi connectivity index (χ4n) is 4.01. The zero-order valence-corrected chi connectivity index (χ0v) is 17.0. The van der Waals surface area contributed by atoms with Gasteiger partial charge in [-0.05, 0) is 33.1 Å². The predicted octanol–water partition coefficient (Wildman–Crippen LogP) is 2.92. The van der Waals surface area contributed by atoms with Crippen LogP contribution in [0.4, 0.5) is 4.79 Å². The summed E-state index contributed by atoms with van der Waals surface area (Å²) in [6, 6.07) is 0.0428. The molecular weight excluding hydrogens is 344 g/mol. The molecule has 1 spiro atoms. The van der Waals surface area contributed by atoms with E-state index < -0.39 is 11.0 Å². The molecule has 1 N–H and O–H groups in total. The second-order valence-electron chi connectivity index (χ2n) is 9.08. The molecule has 0 aromatic rings. The number of carbonyl (C=O) groups is 1. The number of amides is 1. The molecule has 1 amide bonds. The molecule has 5 nitrogen and oxygen atoms in total. The average molecular weight is 375 g/mol. The molecule has 3 aliphatic rings. The van der Waals surface area contributed by atoms with E-state index in [1.807, 2.05) is 18.7 Å². The topological polar surface area (TPSA) is 58.6 Å². The molecule has 3 saturated heterocycles. The van der Waals surface area contributed by atoms with Gasteiger partial charge < -0.3 is 9.64 Å². The summed E-state index contributed by atoms with van der Waals surface area (Å²) in [5.41, 5.74) is 0.0278. The van der Waals surface area contributed by atoms with E-state index in [-0.39, 0.29) is 32.3 Å². The van der Waals surface area contributed by atoms with Crippen molar-refractivity contribution < 1.29 is 13.7 Å². The van der Waals surface area contributed by atoms with E-state index in [4.69, 9.17) is 4.74 Å². The highest BCUT2D eigenvalue weighted by Gasteiger charge is 2.53. The first-order valence-corrected chi connectivity index (χ1v) is 10.8. The van der Waals surface area contributed by atoms with E-state index >= 15 is 0 Å². The van der Waals surface area contributed by atoms with Crippen LogP contribution in [0, 0.1) is 5.41 Å². The minimum Gasteiger partial charge on any atom is -0.377 e. The quantitative estimate of drug-likeness (QED) is 0.708. The van der Waals surface area contributed by atoms with Gasteiger partial charge in [-0.25, -0.2) is 8.93 Å². The number of fused-ring (bicyclic) bond motifs is 1. The van der Waals surface area contributed by atoms with Crippen molar-refractivity contribution in [3.8, 4) is 0 Å². The van der Waals surface area contributed by atoms with E-state index in [1.165, 1.54) is 11.8 Å². The normalized spacial score (nSPS) is 39.0. The molecule has 138 valence electrons. The Bertz CT molecular complexity index is 546. The first-order valence-electron chi connectivity index (χ1n) is 8.78. The second-order valence-corrected chi connectivity index (χ2v) is 12.7. The highest BCUT2D eigenvalue weighted by atomic mass is 32.2. The van der Waals surface area contributed by atoms with Gasteiger partial charge in [-0.15, -0.1) is 0 Å². The van der Waals surface area contributed by atoms with Crippen LogP contribution in [0.2, 0.25) is 0 Å². The van der Waals surface area contributed by atoms with Crippen LogP contribution in [0.15, 0.2) is 0 Å². The van der Waals surface area contributed by atoms with Gasteiger partial charge in [0.05, 0.1) is 28.4 Å². The van der Waals surface area contributed by atoms with Crippen molar-refractivity contribution in [1.82, 2.24) is 9.62 Å². The number of likely N-dealkylation sites (tertiary alicyclic amines) is 1. The number of nitrogens with zero attached hydrogens (tertiary/aromatic N) is 1. The second kappa shape index (κ2) is 6.25. The Hall–Kier alpha value is -0.110. The third-order valence-electron chi connectivity index (χ3n) is 5.38. The maximum atomic E-state index is 12.8. The molecule has 3 aliphatic heterocycles. The van der Waals surface area contributed by atoms with Crippen molar-refractivity contribution >= 4 is 28.0 Å². The summed E-state index contributed by atoms with van der Waals surface area (Å²) in [7, 11) is -1.13. The highest BCUT2D eigenvalue weighted by molar-refractivity contribution is 8.14. The van der Waals surface area contributed by atoms with Crippen LogP contribution < -0.4 is 4.72 Å². The van der Waals surface area contributed by atoms with Gasteiger partial charge in [0.25, 0.3) is 5.24 Å². The van der Waals surface area contributed by atoms with E-state index in [1.54, 1.807) is 0 Å². The largest absolute Gasteiger partial charge is 0.377 e. The fourth-order valence-corrected chi connectivity index (χ4v) is 6.07. The number of hydrogen-bond acceptors (Lipinski definition) is 4. The molecule has 4 unspecified atom stereocenters. The lowest BCUT2D eigenvalue weighted by Crippen LogP contribution is -2.61. The van der Waals surface area contributed by atoms with Crippen LogP contribution in [0.1, 0.15) is 53.9 Å². The standard InChI is InChI=1S/C17H30N2O3S2/c1-15(2,3)23-14(20)19-7-6-17-9-12(22-11-17)8-16(4,5)24(21)18-13(17)10-19/h12-13,18H,6-11H2,1-5H3. The number of piperidine rings is 1. The van der Waals surface area contributed by atoms with Crippen LogP contribution in [-0.4, -0.2) is 55.7 Å². The number of carbonyl (C=O) groups excluding carboxylic acids is 1. The van der Waals surface area contributed by atoms with Gasteiger partial charge in [0.2, 0.25) is 0 Å². The van der Waals surface area contributed by atoms with Crippen LogP contribution in [0.25, 0.3) is 0 Å². The molecular formula is C17H30N2O3S2. The monoisotopic (exact) mass is 374 g/mol. The summed E-state index contributed by atoms with van der Waals surface area (Å²) in [5, 5.41) is 0.127. The zero-order valence-electron chi connectivity index (χ0n) is 15.4. The Morgan fingerprint density at radius 1 is 1.33 bits per heavy atom. The molecule has 24 heavy (non-hydrogen) atoms. The fraction of sp³-hybridized carbons (Fsp3) is 0.941. The lowest BCUT2D eigenvalue weighted by molar-refractivity contribution is 0.0581. The molecule has 0 aromatic carbocycles. The van der Waals surface area contributed by atoms with Gasteiger partial charge in [-0.1, -0.05) is 32.5 Å². The minimum absolute atomic E-state index is 0.0278. The molecule has 2 bridgehead atoms. The number of ether oxygens (including phenoxy) is 1. The van der Waals surface area contributed by atoms with Gasteiger partial charge in [0.15, 0.2) is 0 Å². The van der Waals surface area contributed by atoms with Crippen molar-refractivity contribution in [2.45, 2.75) is 75.5 Å². The van der Waals surface area contributed by atoms with Crippen molar-refractivity contribution in [2.75, 3.05) is 19.7 Å². The van der Waals surface area contributed by atoms with E-state index in [0.29, 0.717) is 6.54 Å². The molecule has 3 rings (SSSR count). The maximum absolute atomic E-state index is 12.8. The minimum atomic E-state index is -1.13.